The molecule has 0 bridgehead atoms. The number of halogens is 1. The molecule has 1 aromatic carbocycles. The molecule has 2 rings (SSSR count). The molecule has 2 N–H and O–H groups in total. The number of benzene rings is 1. The number of carbonyl (C=O) groups excluding carboxylic acids is 1. The molecular formula is C14H11ClN2O4. The van der Waals surface area contributed by atoms with Gasteiger partial charge in [-0.15, -0.1) is 0 Å². The summed E-state index contributed by atoms with van der Waals surface area (Å²) in [5, 5.41) is 19.1. The first kappa shape index (κ1) is 14.8. The number of aromatic hydroxyl groups is 1. The monoisotopic (exact) mass is 306 g/mol. The third kappa shape index (κ3) is 3.49. The summed E-state index contributed by atoms with van der Waals surface area (Å²) < 4.78 is 0. The normalized spacial score (nSPS) is 10.1. The Morgan fingerprint density at radius 3 is 2.43 bits per heavy atom. The van der Waals surface area contributed by atoms with Gasteiger partial charge in [-0.05, 0) is 36.4 Å². The molecule has 0 aliphatic carbocycles. The Balaban J connectivity index is 2.40. The van der Waals surface area contributed by atoms with Crippen molar-refractivity contribution in [2.24, 2.45) is 0 Å². The molecule has 0 aliphatic rings. The first-order valence-electron chi connectivity index (χ1n) is 5.92. The molecular weight excluding hydrogens is 296 g/mol. The number of aliphatic carboxylic acids is 1. The molecule has 0 fully saturated rings. The molecule has 1 aromatic heterocycles. The number of anilines is 1. The second-order valence-corrected chi connectivity index (χ2v) is 4.57. The molecule has 0 saturated heterocycles. The molecule has 1 heterocycles. The van der Waals surface area contributed by atoms with E-state index in [-0.39, 0.29) is 11.4 Å². The van der Waals surface area contributed by atoms with Gasteiger partial charge in [-0.25, -0.2) is 4.98 Å². The van der Waals surface area contributed by atoms with Crippen molar-refractivity contribution in [1.82, 2.24) is 4.98 Å². The molecule has 0 spiro atoms. The first-order chi connectivity index (χ1) is 9.99. The molecule has 0 saturated carbocycles. The van der Waals surface area contributed by atoms with E-state index in [1.807, 2.05) is 0 Å². The van der Waals surface area contributed by atoms with E-state index >= 15 is 0 Å². The van der Waals surface area contributed by atoms with Gasteiger partial charge in [-0.1, -0.05) is 11.6 Å². The maximum atomic E-state index is 12.4. The Morgan fingerprint density at radius 1 is 1.19 bits per heavy atom. The highest BCUT2D eigenvalue weighted by Crippen LogP contribution is 2.22. The van der Waals surface area contributed by atoms with Crippen molar-refractivity contribution in [2.45, 2.75) is 0 Å². The second-order valence-electron chi connectivity index (χ2n) is 4.13. The van der Waals surface area contributed by atoms with Crippen LogP contribution in [0.25, 0.3) is 0 Å². The van der Waals surface area contributed by atoms with Crippen LogP contribution in [-0.2, 0) is 4.79 Å². The van der Waals surface area contributed by atoms with Crippen LogP contribution in [0.4, 0.5) is 5.69 Å². The number of rotatable bonds is 4. The largest absolute Gasteiger partial charge is 0.505 e. The van der Waals surface area contributed by atoms with Crippen molar-refractivity contribution in [3.05, 3.63) is 53.3 Å². The predicted molar refractivity (Wildman–Crippen MR) is 76.7 cm³/mol. The zero-order chi connectivity index (χ0) is 15.4. The lowest BCUT2D eigenvalue weighted by atomic mass is 10.2. The van der Waals surface area contributed by atoms with Crippen molar-refractivity contribution in [3.8, 4) is 5.75 Å². The zero-order valence-electron chi connectivity index (χ0n) is 10.7. The number of carboxylic acid groups (broad SMARTS) is 1. The first-order valence-corrected chi connectivity index (χ1v) is 6.30. The van der Waals surface area contributed by atoms with Gasteiger partial charge in [0.15, 0.2) is 5.69 Å². The molecule has 1 amide bonds. The number of carbonyl (C=O) groups is 2. The van der Waals surface area contributed by atoms with Gasteiger partial charge in [-0.2, -0.15) is 0 Å². The summed E-state index contributed by atoms with van der Waals surface area (Å²) in [7, 11) is 0. The minimum Gasteiger partial charge on any atom is -0.505 e. The molecule has 0 aliphatic heterocycles. The van der Waals surface area contributed by atoms with Gasteiger partial charge in [0, 0.05) is 16.9 Å². The van der Waals surface area contributed by atoms with E-state index in [0.717, 1.165) is 4.90 Å². The SMILES string of the molecule is O=C(O)CN(C(=O)c1ncccc1O)c1ccc(Cl)cc1. The van der Waals surface area contributed by atoms with E-state index in [1.54, 1.807) is 0 Å². The molecule has 2 aromatic rings. The summed E-state index contributed by atoms with van der Waals surface area (Å²) in [5.41, 5.74) is 0.130. The quantitative estimate of drug-likeness (QED) is 0.903. The molecule has 6 nitrogen and oxygen atoms in total. The van der Waals surface area contributed by atoms with E-state index in [4.69, 9.17) is 16.7 Å². The number of amides is 1. The standard InChI is InChI=1S/C14H11ClN2O4/c15-9-3-5-10(6-4-9)17(8-12(19)20)14(21)13-11(18)2-1-7-16-13/h1-7,18H,8H2,(H,19,20). The van der Waals surface area contributed by atoms with Crippen LogP contribution in [-0.4, -0.2) is 33.6 Å². The number of pyridine rings is 1. The topological polar surface area (TPSA) is 90.7 Å². The second kappa shape index (κ2) is 6.23. The summed E-state index contributed by atoms with van der Waals surface area (Å²) in [6.07, 6.45) is 1.34. The third-order valence-corrected chi connectivity index (χ3v) is 2.92. The highest BCUT2D eigenvalue weighted by atomic mass is 35.5. The van der Waals surface area contributed by atoms with Gasteiger partial charge in [0.05, 0.1) is 0 Å². The van der Waals surface area contributed by atoms with Crippen LogP contribution < -0.4 is 4.90 Å². The average molecular weight is 307 g/mol. The van der Waals surface area contributed by atoms with Crippen LogP contribution in [0.3, 0.4) is 0 Å². The van der Waals surface area contributed by atoms with Gasteiger partial charge in [-0.3, -0.25) is 14.5 Å². The van der Waals surface area contributed by atoms with Crippen LogP contribution >= 0.6 is 11.6 Å². The van der Waals surface area contributed by atoms with Crippen molar-refractivity contribution >= 4 is 29.2 Å². The summed E-state index contributed by atoms with van der Waals surface area (Å²) in [5.74, 6) is -2.21. The summed E-state index contributed by atoms with van der Waals surface area (Å²) >= 11 is 5.77. The van der Waals surface area contributed by atoms with Crippen LogP contribution in [0.1, 0.15) is 10.5 Å². The van der Waals surface area contributed by atoms with Crippen molar-refractivity contribution in [1.29, 1.82) is 0 Å². The average Bonchev–Trinajstić information content (AvgIpc) is 2.45. The van der Waals surface area contributed by atoms with Crippen molar-refractivity contribution in [3.63, 3.8) is 0 Å². The number of nitrogens with zero attached hydrogens (tertiary/aromatic N) is 2. The van der Waals surface area contributed by atoms with E-state index in [0.29, 0.717) is 10.7 Å². The Morgan fingerprint density at radius 2 is 1.86 bits per heavy atom. The van der Waals surface area contributed by atoms with Crippen LogP contribution in [0.15, 0.2) is 42.6 Å². The minimum absolute atomic E-state index is 0.214. The van der Waals surface area contributed by atoms with E-state index in [2.05, 4.69) is 4.98 Å². The van der Waals surface area contributed by atoms with Crippen molar-refractivity contribution in [2.75, 3.05) is 11.4 Å². The highest BCUT2D eigenvalue weighted by Gasteiger charge is 2.23. The fraction of sp³-hybridized carbons (Fsp3) is 0.0714. The van der Waals surface area contributed by atoms with Crippen molar-refractivity contribution < 1.29 is 19.8 Å². The van der Waals surface area contributed by atoms with E-state index < -0.39 is 18.4 Å². The fourth-order valence-electron chi connectivity index (χ4n) is 1.73. The number of aromatic nitrogens is 1. The zero-order valence-corrected chi connectivity index (χ0v) is 11.5. The molecule has 0 atom stereocenters. The number of carboxylic acids is 1. The smallest absolute Gasteiger partial charge is 0.323 e. The van der Waals surface area contributed by atoms with Gasteiger partial charge in [0.2, 0.25) is 0 Å². The molecule has 0 unspecified atom stereocenters. The maximum absolute atomic E-state index is 12.4. The van der Waals surface area contributed by atoms with E-state index in [9.17, 15) is 14.7 Å². The number of hydrogen-bond acceptors (Lipinski definition) is 4. The van der Waals surface area contributed by atoms with Crippen LogP contribution in [0, 0.1) is 0 Å². The minimum atomic E-state index is -1.19. The summed E-state index contributed by atoms with van der Waals surface area (Å²) in [6.45, 7) is -0.559. The Labute approximate surface area is 125 Å². The molecule has 108 valence electrons. The molecule has 0 radical (unpaired) electrons. The Hall–Kier alpha value is -2.60. The predicted octanol–water partition coefficient (Wildman–Crippen LogP) is 2.17. The Bertz CT molecular complexity index is 673. The molecule has 7 heteroatoms. The van der Waals surface area contributed by atoms with Crippen LogP contribution in [0.2, 0.25) is 5.02 Å². The van der Waals surface area contributed by atoms with Gasteiger partial charge in [0.1, 0.15) is 12.3 Å². The lowest BCUT2D eigenvalue weighted by Gasteiger charge is -2.20. The number of hydrogen-bond donors (Lipinski definition) is 2. The van der Waals surface area contributed by atoms with Gasteiger partial charge in [0.25, 0.3) is 5.91 Å². The van der Waals surface area contributed by atoms with E-state index in [1.165, 1.54) is 42.6 Å². The van der Waals surface area contributed by atoms with Crippen LogP contribution in [0.5, 0.6) is 5.75 Å². The lowest BCUT2D eigenvalue weighted by Crippen LogP contribution is -2.36. The highest BCUT2D eigenvalue weighted by molar-refractivity contribution is 6.30. The molecule has 21 heavy (non-hydrogen) atoms. The van der Waals surface area contributed by atoms with Gasteiger partial charge < -0.3 is 10.2 Å². The fourth-order valence-corrected chi connectivity index (χ4v) is 1.85. The lowest BCUT2D eigenvalue weighted by molar-refractivity contribution is -0.135. The van der Waals surface area contributed by atoms with Gasteiger partial charge >= 0.3 is 5.97 Å². The summed E-state index contributed by atoms with van der Waals surface area (Å²) in [6, 6.07) is 8.89. The third-order valence-electron chi connectivity index (χ3n) is 2.67. The Kier molecular flexibility index (Phi) is 4.39. The maximum Gasteiger partial charge on any atom is 0.323 e. The summed E-state index contributed by atoms with van der Waals surface area (Å²) in [4.78, 5) is 28.2.